The van der Waals surface area contributed by atoms with Gasteiger partial charge in [-0.3, -0.25) is 4.79 Å². The first kappa shape index (κ1) is 14.4. The fourth-order valence-corrected chi connectivity index (χ4v) is 3.19. The zero-order valence-corrected chi connectivity index (χ0v) is 12.6. The number of thioether (sulfide) groups is 1. The normalized spacial score (nSPS) is 20.7. The molecule has 2 aliphatic rings. The van der Waals surface area contributed by atoms with E-state index in [0.29, 0.717) is 17.0 Å². The van der Waals surface area contributed by atoms with Gasteiger partial charge in [-0.2, -0.15) is 5.26 Å². The Kier molecular flexibility index (Phi) is 4.15. The number of carbonyl (C=O) groups excluding carboxylic acids is 1. The number of hydrogen-bond donors (Lipinski definition) is 1. The van der Waals surface area contributed by atoms with Crippen LogP contribution in [-0.2, 0) is 4.79 Å². The fourth-order valence-electron chi connectivity index (χ4n) is 2.62. The van der Waals surface area contributed by atoms with Crippen molar-refractivity contribution in [3.63, 3.8) is 0 Å². The van der Waals surface area contributed by atoms with Crippen LogP contribution in [0.3, 0.4) is 0 Å². The van der Waals surface area contributed by atoms with Gasteiger partial charge in [-0.25, -0.2) is 0 Å². The molecule has 2 aliphatic carbocycles. The van der Waals surface area contributed by atoms with Gasteiger partial charge in [0.15, 0.2) is 0 Å². The summed E-state index contributed by atoms with van der Waals surface area (Å²) < 4.78 is 5.50. The predicted molar refractivity (Wildman–Crippen MR) is 76.6 cm³/mol. The fraction of sp³-hybridized carbons (Fsp3) is 0.714. The van der Waals surface area contributed by atoms with Crippen molar-refractivity contribution in [3.8, 4) is 6.07 Å². The van der Waals surface area contributed by atoms with Crippen molar-refractivity contribution < 1.29 is 9.21 Å². The Morgan fingerprint density at radius 3 is 2.81 bits per heavy atom. The van der Waals surface area contributed by atoms with Crippen molar-refractivity contribution in [2.75, 3.05) is 5.75 Å². The summed E-state index contributed by atoms with van der Waals surface area (Å²) in [5.74, 6) is 1.16. The van der Waals surface area contributed by atoms with E-state index in [1.807, 2.05) is 0 Å². The summed E-state index contributed by atoms with van der Waals surface area (Å²) in [6.07, 6.45) is 6.83. The van der Waals surface area contributed by atoms with E-state index in [-0.39, 0.29) is 11.7 Å². The summed E-state index contributed by atoms with van der Waals surface area (Å²) in [6.45, 7) is 0. The molecule has 2 saturated carbocycles. The van der Waals surface area contributed by atoms with Crippen LogP contribution >= 0.6 is 11.8 Å². The maximum atomic E-state index is 12.0. The number of nitrogens with one attached hydrogen (secondary N) is 1. The molecule has 1 N–H and O–H groups in total. The van der Waals surface area contributed by atoms with E-state index in [0.717, 1.165) is 44.9 Å². The second-order valence-corrected chi connectivity index (χ2v) is 6.70. The van der Waals surface area contributed by atoms with Crippen molar-refractivity contribution in [2.24, 2.45) is 0 Å². The Hall–Kier alpha value is -1.55. The molecule has 1 amide bonds. The van der Waals surface area contributed by atoms with Crippen molar-refractivity contribution >= 4 is 17.7 Å². The lowest BCUT2D eigenvalue weighted by Crippen LogP contribution is -2.49. The van der Waals surface area contributed by atoms with Crippen LogP contribution in [0.25, 0.3) is 0 Å². The Morgan fingerprint density at radius 2 is 2.14 bits per heavy atom. The SMILES string of the molecule is N#CC1(NC(=O)CSc2nnc(C3CC3)o2)CCCCC1. The molecule has 0 bridgehead atoms. The van der Waals surface area contributed by atoms with Gasteiger partial charge in [-0.1, -0.05) is 31.0 Å². The van der Waals surface area contributed by atoms with Crippen molar-refractivity contribution in [2.45, 2.75) is 61.6 Å². The molecule has 1 aromatic rings. The number of nitrogens with zero attached hydrogens (tertiary/aromatic N) is 3. The summed E-state index contributed by atoms with van der Waals surface area (Å²) in [5.41, 5.74) is -0.677. The Bertz CT molecular complexity index is 556. The van der Waals surface area contributed by atoms with E-state index < -0.39 is 5.54 Å². The van der Waals surface area contributed by atoms with Crippen LogP contribution in [0.2, 0.25) is 0 Å². The average molecular weight is 306 g/mol. The highest BCUT2D eigenvalue weighted by Crippen LogP contribution is 2.39. The molecule has 0 aliphatic heterocycles. The second kappa shape index (κ2) is 6.06. The van der Waals surface area contributed by atoms with Crippen LogP contribution in [0.5, 0.6) is 0 Å². The first-order valence-corrected chi connectivity index (χ1v) is 8.38. The van der Waals surface area contributed by atoms with E-state index in [4.69, 9.17) is 4.42 Å². The molecule has 21 heavy (non-hydrogen) atoms. The quantitative estimate of drug-likeness (QED) is 0.840. The molecule has 3 rings (SSSR count). The van der Waals surface area contributed by atoms with Crippen molar-refractivity contribution in [1.82, 2.24) is 15.5 Å². The van der Waals surface area contributed by atoms with Gasteiger partial charge in [0.05, 0.1) is 11.8 Å². The number of aromatic nitrogens is 2. The van der Waals surface area contributed by atoms with Gasteiger partial charge >= 0.3 is 0 Å². The maximum absolute atomic E-state index is 12.0. The van der Waals surface area contributed by atoms with Crippen molar-refractivity contribution in [1.29, 1.82) is 5.26 Å². The largest absolute Gasteiger partial charge is 0.416 e. The van der Waals surface area contributed by atoms with Crippen LogP contribution in [0.1, 0.15) is 56.8 Å². The molecule has 0 radical (unpaired) electrons. The maximum Gasteiger partial charge on any atom is 0.277 e. The van der Waals surface area contributed by atoms with Gasteiger partial charge in [0.1, 0.15) is 5.54 Å². The standard InChI is InChI=1S/C14H18N4O2S/c15-9-14(6-2-1-3-7-14)16-11(19)8-21-13-18-17-12(20-13)10-4-5-10/h10H,1-8H2,(H,16,19). The lowest BCUT2D eigenvalue weighted by atomic mass is 9.83. The first-order chi connectivity index (χ1) is 10.2. The summed E-state index contributed by atoms with van der Waals surface area (Å²) in [6, 6.07) is 2.28. The van der Waals surface area contributed by atoms with Gasteiger partial charge < -0.3 is 9.73 Å². The molecule has 1 aromatic heterocycles. The first-order valence-electron chi connectivity index (χ1n) is 7.39. The van der Waals surface area contributed by atoms with Crippen LogP contribution in [0, 0.1) is 11.3 Å². The number of amides is 1. The molecule has 0 spiro atoms. The minimum Gasteiger partial charge on any atom is -0.416 e. The van der Waals surface area contributed by atoms with Crippen LogP contribution < -0.4 is 5.32 Å². The third-order valence-corrected chi connectivity index (χ3v) is 4.79. The van der Waals surface area contributed by atoms with Gasteiger partial charge in [-0.15, -0.1) is 10.2 Å². The number of nitriles is 1. The Morgan fingerprint density at radius 1 is 1.38 bits per heavy atom. The van der Waals surface area contributed by atoms with Gasteiger partial charge in [-0.05, 0) is 25.7 Å². The average Bonchev–Trinajstić information content (AvgIpc) is 3.25. The molecule has 0 unspecified atom stereocenters. The molecule has 0 aromatic carbocycles. The highest BCUT2D eigenvalue weighted by Gasteiger charge is 2.33. The number of carbonyl (C=O) groups is 1. The Balaban J connectivity index is 1.50. The third-order valence-electron chi connectivity index (χ3n) is 3.98. The van der Waals surface area contributed by atoms with E-state index in [1.54, 1.807) is 0 Å². The van der Waals surface area contributed by atoms with Crippen LogP contribution in [0.4, 0.5) is 0 Å². The van der Waals surface area contributed by atoms with E-state index in [9.17, 15) is 10.1 Å². The monoisotopic (exact) mass is 306 g/mol. The van der Waals surface area contributed by atoms with Crippen molar-refractivity contribution in [3.05, 3.63) is 5.89 Å². The molecule has 0 atom stereocenters. The topological polar surface area (TPSA) is 91.8 Å². The minimum absolute atomic E-state index is 0.144. The smallest absolute Gasteiger partial charge is 0.277 e. The molecule has 7 heteroatoms. The minimum atomic E-state index is -0.677. The molecular formula is C14H18N4O2S. The lowest BCUT2D eigenvalue weighted by molar-refractivity contribution is -0.120. The molecule has 112 valence electrons. The van der Waals surface area contributed by atoms with Crippen LogP contribution in [0.15, 0.2) is 9.64 Å². The van der Waals surface area contributed by atoms with E-state index in [2.05, 4.69) is 21.6 Å². The highest BCUT2D eigenvalue weighted by atomic mass is 32.2. The summed E-state index contributed by atoms with van der Waals surface area (Å²) in [4.78, 5) is 12.0. The Labute approximate surface area is 127 Å². The second-order valence-electron chi connectivity index (χ2n) is 5.77. The molecule has 6 nitrogen and oxygen atoms in total. The van der Waals surface area contributed by atoms with Gasteiger partial charge in [0.2, 0.25) is 11.8 Å². The van der Waals surface area contributed by atoms with Crippen LogP contribution in [-0.4, -0.2) is 27.4 Å². The van der Waals surface area contributed by atoms with E-state index >= 15 is 0 Å². The summed E-state index contributed by atoms with van der Waals surface area (Å²) in [7, 11) is 0. The zero-order valence-electron chi connectivity index (χ0n) is 11.8. The summed E-state index contributed by atoms with van der Waals surface area (Å²) in [5, 5.41) is 20.6. The predicted octanol–water partition coefficient (Wildman–Crippen LogP) is 2.38. The molecule has 1 heterocycles. The number of hydrogen-bond acceptors (Lipinski definition) is 6. The third kappa shape index (κ3) is 3.56. The van der Waals surface area contributed by atoms with Gasteiger partial charge in [0, 0.05) is 5.92 Å². The lowest BCUT2D eigenvalue weighted by Gasteiger charge is -2.31. The van der Waals surface area contributed by atoms with E-state index in [1.165, 1.54) is 11.8 Å². The van der Waals surface area contributed by atoms with Gasteiger partial charge in [0.25, 0.3) is 5.22 Å². The zero-order chi connectivity index (χ0) is 14.7. The molecule has 2 fully saturated rings. The molecule has 0 saturated heterocycles. The highest BCUT2D eigenvalue weighted by molar-refractivity contribution is 7.99. The summed E-state index contributed by atoms with van der Waals surface area (Å²) >= 11 is 1.23. The number of rotatable bonds is 5. The molecular weight excluding hydrogens is 288 g/mol.